The summed E-state index contributed by atoms with van der Waals surface area (Å²) in [7, 11) is 0. The van der Waals surface area contributed by atoms with Crippen LogP contribution in [0.15, 0.2) is 42.7 Å². The number of hydrogen-bond donors (Lipinski definition) is 1. The number of amides is 1. The van der Waals surface area contributed by atoms with E-state index in [4.69, 9.17) is 4.74 Å². The molecule has 0 saturated carbocycles. The van der Waals surface area contributed by atoms with Gasteiger partial charge in [0.1, 0.15) is 0 Å². The molecule has 1 N–H and O–H groups in total. The molecule has 132 valence electrons. The van der Waals surface area contributed by atoms with Crippen LogP contribution in [0.4, 0.5) is 24.5 Å². The van der Waals surface area contributed by atoms with Crippen LogP contribution in [0.2, 0.25) is 0 Å². The number of rotatable bonds is 3. The molecule has 0 atom stereocenters. The third-order valence-electron chi connectivity index (χ3n) is 3.88. The van der Waals surface area contributed by atoms with E-state index in [0.717, 1.165) is 6.07 Å². The van der Waals surface area contributed by atoms with Crippen molar-refractivity contribution in [1.82, 2.24) is 4.98 Å². The normalized spacial score (nSPS) is 15.1. The summed E-state index contributed by atoms with van der Waals surface area (Å²) in [6.07, 6.45) is -1.77. The second-order valence-corrected chi connectivity index (χ2v) is 5.52. The Morgan fingerprint density at radius 2 is 1.80 bits per heavy atom. The van der Waals surface area contributed by atoms with Crippen molar-refractivity contribution in [2.75, 3.05) is 36.5 Å². The second-order valence-electron chi connectivity index (χ2n) is 5.52. The van der Waals surface area contributed by atoms with Gasteiger partial charge >= 0.3 is 6.18 Å². The van der Waals surface area contributed by atoms with E-state index in [0.29, 0.717) is 32.0 Å². The minimum atomic E-state index is -4.58. The van der Waals surface area contributed by atoms with Gasteiger partial charge in [0.2, 0.25) is 0 Å². The summed E-state index contributed by atoms with van der Waals surface area (Å²) in [5.74, 6) is -0.618. The number of morpholine rings is 1. The highest BCUT2D eigenvalue weighted by molar-refractivity contribution is 6.04. The van der Waals surface area contributed by atoms with Crippen molar-refractivity contribution in [1.29, 1.82) is 0 Å². The van der Waals surface area contributed by atoms with Gasteiger partial charge in [0.15, 0.2) is 0 Å². The molecule has 1 saturated heterocycles. The Morgan fingerprint density at radius 1 is 1.12 bits per heavy atom. The lowest BCUT2D eigenvalue weighted by Gasteiger charge is -2.29. The largest absolute Gasteiger partial charge is 0.418 e. The fraction of sp³-hybridized carbons (Fsp3) is 0.294. The monoisotopic (exact) mass is 351 g/mol. The number of hydrogen-bond acceptors (Lipinski definition) is 4. The van der Waals surface area contributed by atoms with Gasteiger partial charge < -0.3 is 15.0 Å². The Hall–Kier alpha value is -2.61. The molecule has 0 radical (unpaired) electrons. The molecule has 8 heteroatoms. The summed E-state index contributed by atoms with van der Waals surface area (Å²) in [6, 6.07) is 6.79. The van der Waals surface area contributed by atoms with Gasteiger partial charge in [-0.25, -0.2) is 0 Å². The van der Waals surface area contributed by atoms with Crippen LogP contribution in [-0.4, -0.2) is 37.2 Å². The summed E-state index contributed by atoms with van der Waals surface area (Å²) in [4.78, 5) is 17.8. The predicted molar refractivity (Wildman–Crippen MR) is 86.7 cm³/mol. The summed E-state index contributed by atoms with van der Waals surface area (Å²) in [5, 5.41) is 2.33. The molecule has 0 bridgehead atoms. The Kier molecular flexibility index (Phi) is 4.89. The SMILES string of the molecule is O=C(Nc1ccc(N2CCOCC2)cc1C(F)(F)F)c1ccncc1. The molecule has 1 amide bonds. The third-order valence-corrected chi connectivity index (χ3v) is 3.88. The summed E-state index contributed by atoms with van der Waals surface area (Å²) in [6.45, 7) is 2.00. The molecular weight excluding hydrogens is 335 g/mol. The minimum absolute atomic E-state index is 0.236. The molecule has 0 spiro atoms. The smallest absolute Gasteiger partial charge is 0.378 e. The van der Waals surface area contributed by atoms with Crippen LogP contribution in [0.1, 0.15) is 15.9 Å². The van der Waals surface area contributed by atoms with Crippen LogP contribution >= 0.6 is 0 Å². The van der Waals surface area contributed by atoms with Gasteiger partial charge in [0, 0.05) is 36.7 Å². The number of alkyl halides is 3. The van der Waals surface area contributed by atoms with E-state index in [9.17, 15) is 18.0 Å². The van der Waals surface area contributed by atoms with Gasteiger partial charge in [0.25, 0.3) is 5.91 Å². The van der Waals surface area contributed by atoms with Crippen LogP contribution in [0.5, 0.6) is 0 Å². The molecule has 3 rings (SSSR count). The molecule has 2 heterocycles. The molecule has 0 unspecified atom stereocenters. The van der Waals surface area contributed by atoms with E-state index < -0.39 is 17.6 Å². The first-order chi connectivity index (χ1) is 11.9. The number of nitrogens with one attached hydrogen (secondary N) is 1. The number of pyridine rings is 1. The standard InChI is InChI=1S/C17H16F3N3O2/c18-17(19,20)14-11-13(23-7-9-25-10-8-23)1-2-15(14)22-16(24)12-3-5-21-6-4-12/h1-6,11H,7-10H2,(H,22,24). The summed E-state index contributed by atoms with van der Waals surface area (Å²) in [5.41, 5.74) is -0.455. The van der Waals surface area contributed by atoms with Crippen molar-refractivity contribution >= 4 is 17.3 Å². The number of aromatic nitrogens is 1. The van der Waals surface area contributed by atoms with Crippen LogP contribution < -0.4 is 10.2 Å². The first-order valence-corrected chi connectivity index (χ1v) is 7.70. The molecule has 0 aliphatic carbocycles. The number of ether oxygens (including phenoxy) is 1. The zero-order valence-electron chi connectivity index (χ0n) is 13.2. The number of carbonyl (C=O) groups is 1. The summed E-state index contributed by atoms with van der Waals surface area (Å²) >= 11 is 0. The van der Waals surface area contributed by atoms with E-state index in [1.807, 2.05) is 4.90 Å². The van der Waals surface area contributed by atoms with Crippen molar-refractivity contribution in [2.24, 2.45) is 0 Å². The lowest BCUT2D eigenvalue weighted by atomic mass is 10.1. The molecule has 1 aliphatic rings. The van der Waals surface area contributed by atoms with Gasteiger partial charge in [-0.3, -0.25) is 9.78 Å². The molecule has 1 fully saturated rings. The van der Waals surface area contributed by atoms with E-state index in [1.165, 1.54) is 30.6 Å². The molecule has 25 heavy (non-hydrogen) atoms. The van der Waals surface area contributed by atoms with E-state index in [-0.39, 0.29) is 11.3 Å². The predicted octanol–water partition coefficient (Wildman–Crippen LogP) is 3.19. The van der Waals surface area contributed by atoms with Crippen molar-refractivity contribution < 1.29 is 22.7 Å². The average molecular weight is 351 g/mol. The molecule has 2 aromatic rings. The Labute approximate surface area is 142 Å². The van der Waals surface area contributed by atoms with Gasteiger partial charge in [-0.15, -0.1) is 0 Å². The maximum absolute atomic E-state index is 13.4. The zero-order valence-corrected chi connectivity index (χ0v) is 13.2. The maximum atomic E-state index is 13.4. The van der Waals surface area contributed by atoms with Crippen molar-refractivity contribution in [3.63, 3.8) is 0 Å². The van der Waals surface area contributed by atoms with Crippen molar-refractivity contribution in [3.05, 3.63) is 53.9 Å². The topological polar surface area (TPSA) is 54.5 Å². The highest BCUT2D eigenvalue weighted by Gasteiger charge is 2.35. The molecular formula is C17H16F3N3O2. The van der Waals surface area contributed by atoms with E-state index in [2.05, 4.69) is 10.3 Å². The highest BCUT2D eigenvalue weighted by atomic mass is 19.4. The molecule has 1 aromatic heterocycles. The van der Waals surface area contributed by atoms with Crippen LogP contribution in [-0.2, 0) is 10.9 Å². The molecule has 1 aliphatic heterocycles. The van der Waals surface area contributed by atoms with Gasteiger partial charge in [-0.05, 0) is 30.3 Å². The number of benzene rings is 1. The zero-order chi connectivity index (χ0) is 17.9. The minimum Gasteiger partial charge on any atom is -0.378 e. The number of halogens is 3. The van der Waals surface area contributed by atoms with E-state index in [1.54, 1.807) is 6.07 Å². The van der Waals surface area contributed by atoms with Crippen LogP contribution in [0, 0.1) is 0 Å². The van der Waals surface area contributed by atoms with Crippen LogP contribution in [0.25, 0.3) is 0 Å². The van der Waals surface area contributed by atoms with Crippen molar-refractivity contribution in [3.8, 4) is 0 Å². The Balaban J connectivity index is 1.89. The van der Waals surface area contributed by atoms with Gasteiger partial charge in [-0.1, -0.05) is 0 Å². The quantitative estimate of drug-likeness (QED) is 0.923. The molecule has 1 aromatic carbocycles. The fourth-order valence-electron chi connectivity index (χ4n) is 2.59. The van der Waals surface area contributed by atoms with E-state index >= 15 is 0 Å². The van der Waals surface area contributed by atoms with Gasteiger partial charge in [-0.2, -0.15) is 13.2 Å². The Morgan fingerprint density at radius 3 is 2.44 bits per heavy atom. The third kappa shape index (κ3) is 4.08. The van der Waals surface area contributed by atoms with Crippen LogP contribution in [0.3, 0.4) is 0 Å². The highest BCUT2D eigenvalue weighted by Crippen LogP contribution is 2.37. The summed E-state index contributed by atoms with van der Waals surface area (Å²) < 4.78 is 45.5. The second kappa shape index (κ2) is 7.10. The first kappa shape index (κ1) is 17.2. The number of anilines is 2. The average Bonchev–Trinajstić information content (AvgIpc) is 2.62. The van der Waals surface area contributed by atoms with Crippen molar-refractivity contribution in [2.45, 2.75) is 6.18 Å². The number of nitrogens with zero attached hydrogens (tertiary/aromatic N) is 2. The number of carbonyl (C=O) groups excluding carboxylic acids is 1. The molecule has 5 nitrogen and oxygen atoms in total. The van der Waals surface area contributed by atoms with Gasteiger partial charge in [0.05, 0.1) is 24.5 Å². The maximum Gasteiger partial charge on any atom is 0.418 e. The lowest BCUT2D eigenvalue weighted by Crippen LogP contribution is -2.36. The fourth-order valence-corrected chi connectivity index (χ4v) is 2.59. The first-order valence-electron chi connectivity index (χ1n) is 7.70. The Bertz CT molecular complexity index is 745. The lowest BCUT2D eigenvalue weighted by molar-refractivity contribution is -0.136.